The number of hydrogen-bond donors (Lipinski definition) is 2. The van der Waals surface area contributed by atoms with Gasteiger partial charge in [0.1, 0.15) is 16.8 Å². The molecular formula is C27H27N9O2. The van der Waals surface area contributed by atoms with E-state index >= 15 is 0 Å². The molecule has 6 heterocycles. The van der Waals surface area contributed by atoms with Crippen molar-refractivity contribution in [3.8, 4) is 11.5 Å². The number of nitrogens with one attached hydrogen (secondary N) is 2. The molecule has 2 atom stereocenters. The zero-order valence-corrected chi connectivity index (χ0v) is 21.3. The molecule has 0 aliphatic carbocycles. The van der Waals surface area contributed by atoms with Gasteiger partial charge in [0.05, 0.1) is 23.1 Å². The quantitative estimate of drug-likeness (QED) is 0.366. The van der Waals surface area contributed by atoms with Crippen LogP contribution in [0.3, 0.4) is 0 Å². The Bertz CT molecular complexity index is 1630. The standard InChI is InChI=1S/C27H27N9O2/c1-16-12-35(13-17(2)32-16)26-24-23(29-7-8-30-24)21(11-31-26)27(37)34-19-9-22(38-20-5-4-6-28-10-20)25-33-18(3)14-36(25)15-19/h4-11,14-17,32H,12-13H2,1-3H3,(H,34,37). The molecule has 1 fully saturated rings. The Morgan fingerprint density at radius 1 is 1.05 bits per heavy atom. The summed E-state index contributed by atoms with van der Waals surface area (Å²) in [7, 11) is 0. The van der Waals surface area contributed by atoms with Crippen molar-refractivity contribution < 1.29 is 9.53 Å². The lowest BCUT2D eigenvalue weighted by molar-refractivity contribution is 0.102. The molecule has 192 valence electrons. The Labute approximate surface area is 218 Å². The summed E-state index contributed by atoms with van der Waals surface area (Å²) in [5.74, 6) is 1.44. The molecule has 11 nitrogen and oxygen atoms in total. The van der Waals surface area contributed by atoms with Crippen LogP contribution in [0, 0.1) is 6.92 Å². The maximum atomic E-state index is 13.5. The fourth-order valence-corrected chi connectivity index (χ4v) is 4.91. The van der Waals surface area contributed by atoms with E-state index in [9.17, 15) is 4.79 Å². The molecule has 38 heavy (non-hydrogen) atoms. The van der Waals surface area contributed by atoms with Crippen LogP contribution < -0.4 is 20.3 Å². The summed E-state index contributed by atoms with van der Waals surface area (Å²) in [6, 6.07) is 5.95. The monoisotopic (exact) mass is 509 g/mol. The van der Waals surface area contributed by atoms with Gasteiger partial charge in [-0.05, 0) is 32.9 Å². The number of ether oxygens (including phenoxy) is 1. The second-order valence-electron chi connectivity index (χ2n) is 9.57. The first-order valence-corrected chi connectivity index (χ1v) is 12.4. The Hall–Kier alpha value is -4.64. The number of aromatic nitrogens is 6. The van der Waals surface area contributed by atoms with Gasteiger partial charge in [0.15, 0.2) is 17.2 Å². The lowest BCUT2D eigenvalue weighted by Crippen LogP contribution is -2.54. The van der Waals surface area contributed by atoms with E-state index in [1.165, 1.54) is 0 Å². The van der Waals surface area contributed by atoms with Crippen LogP contribution in [0.4, 0.5) is 11.5 Å². The number of amides is 1. The molecule has 0 spiro atoms. The number of fused-ring (bicyclic) bond motifs is 2. The second kappa shape index (κ2) is 9.67. The number of carbonyl (C=O) groups excluding carboxylic acids is 1. The Kier molecular flexibility index (Phi) is 6.04. The SMILES string of the molecule is Cc1cn2cc(NC(=O)c3cnc(N4CC(C)NC(C)C4)c4nccnc34)cc(Oc3cccnc3)c2n1. The van der Waals surface area contributed by atoms with E-state index in [2.05, 4.69) is 54.3 Å². The maximum absolute atomic E-state index is 13.5. The van der Waals surface area contributed by atoms with E-state index < -0.39 is 0 Å². The molecule has 1 amide bonds. The molecule has 0 saturated carbocycles. The second-order valence-corrected chi connectivity index (χ2v) is 9.57. The van der Waals surface area contributed by atoms with E-state index in [1.807, 2.05) is 23.6 Å². The average molecular weight is 510 g/mol. The van der Waals surface area contributed by atoms with Crippen LogP contribution in [-0.2, 0) is 0 Å². The highest BCUT2D eigenvalue weighted by atomic mass is 16.5. The molecule has 0 radical (unpaired) electrons. The summed E-state index contributed by atoms with van der Waals surface area (Å²) < 4.78 is 7.88. The molecular weight excluding hydrogens is 482 g/mol. The van der Waals surface area contributed by atoms with Crippen LogP contribution in [0.2, 0.25) is 0 Å². The van der Waals surface area contributed by atoms with E-state index in [4.69, 9.17) is 4.74 Å². The minimum Gasteiger partial charge on any atom is -0.452 e. The molecule has 11 heteroatoms. The van der Waals surface area contributed by atoms with Gasteiger partial charge in [-0.15, -0.1) is 0 Å². The molecule has 2 unspecified atom stereocenters. The molecule has 0 aromatic carbocycles. The Morgan fingerprint density at radius 3 is 2.61 bits per heavy atom. The summed E-state index contributed by atoms with van der Waals surface area (Å²) in [5.41, 5.74) is 3.42. The summed E-state index contributed by atoms with van der Waals surface area (Å²) in [6.45, 7) is 7.76. The first-order chi connectivity index (χ1) is 18.4. The first-order valence-electron chi connectivity index (χ1n) is 12.4. The number of imidazole rings is 1. The molecule has 5 aromatic rings. The number of aryl methyl sites for hydroxylation is 1. The Balaban J connectivity index is 1.34. The maximum Gasteiger partial charge on any atom is 0.259 e. The lowest BCUT2D eigenvalue weighted by Gasteiger charge is -2.37. The third-order valence-corrected chi connectivity index (χ3v) is 6.34. The average Bonchev–Trinajstić information content (AvgIpc) is 3.28. The van der Waals surface area contributed by atoms with Crippen LogP contribution in [0.1, 0.15) is 29.9 Å². The van der Waals surface area contributed by atoms with Crippen molar-refractivity contribution in [1.82, 2.24) is 34.6 Å². The highest BCUT2D eigenvalue weighted by Crippen LogP contribution is 2.30. The van der Waals surface area contributed by atoms with Crippen LogP contribution in [0.25, 0.3) is 16.7 Å². The number of piperazine rings is 1. The van der Waals surface area contributed by atoms with Crippen molar-refractivity contribution in [2.45, 2.75) is 32.9 Å². The topological polar surface area (TPSA) is 122 Å². The van der Waals surface area contributed by atoms with Crippen LogP contribution in [0.5, 0.6) is 11.5 Å². The summed E-state index contributed by atoms with van der Waals surface area (Å²) >= 11 is 0. The summed E-state index contributed by atoms with van der Waals surface area (Å²) in [4.78, 5) is 38.1. The molecule has 1 aliphatic rings. The van der Waals surface area contributed by atoms with Crippen LogP contribution in [-0.4, -0.2) is 60.4 Å². The number of nitrogens with zero attached hydrogens (tertiary/aromatic N) is 7. The molecule has 0 bridgehead atoms. The summed E-state index contributed by atoms with van der Waals surface area (Å²) in [6.07, 6.45) is 11.8. The van der Waals surface area contributed by atoms with E-state index in [1.54, 1.807) is 49.3 Å². The minimum absolute atomic E-state index is 0.306. The van der Waals surface area contributed by atoms with Gasteiger partial charge in [-0.1, -0.05) is 0 Å². The van der Waals surface area contributed by atoms with E-state index in [0.717, 1.165) is 24.6 Å². The van der Waals surface area contributed by atoms with Gasteiger partial charge < -0.3 is 24.7 Å². The number of rotatable bonds is 5. The van der Waals surface area contributed by atoms with Gasteiger partial charge in [-0.2, -0.15) is 0 Å². The van der Waals surface area contributed by atoms with Crippen molar-refractivity contribution in [2.24, 2.45) is 0 Å². The zero-order valence-electron chi connectivity index (χ0n) is 21.3. The largest absolute Gasteiger partial charge is 0.452 e. The number of carbonyl (C=O) groups is 1. The van der Waals surface area contributed by atoms with Gasteiger partial charge in [0, 0.05) is 68.4 Å². The van der Waals surface area contributed by atoms with Crippen molar-refractivity contribution in [1.29, 1.82) is 0 Å². The van der Waals surface area contributed by atoms with E-state index in [0.29, 0.717) is 51.5 Å². The van der Waals surface area contributed by atoms with Gasteiger partial charge >= 0.3 is 0 Å². The van der Waals surface area contributed by atoms with Crippen molar-refractivity contribution in [3.63, 3.8) is 0 Å². The minimum atomic E-state index is -0.347. The summed E-state index contributed by atoms with van der Waals surface area (Å²) in [5, 5.41) is 6.50. The molecule has 6 rings (SSSR count). The van der Waals surface area contributed by atoms with Crippen molar-refractivity contribution in [2.75, 3.05) is 23.3 Å². The number of anilines is 2. The van der Waals surface area contributed by atoms with Crippen molar-refractivity contribution in [3.05, 3.63) is 72.8 Å². The van der Waals surface area contributed by atoms with Crippen LogP contribution in [0.15, 0.2) is 61.6 Å². The Morgan fingerprint density at radius 2 is 1.84 bits per heavy atom. The van der Waals surface area contributed by atoms with Gasteiger partial charge in [0.2, 0.25) is 0 Å². The molecule has 1 aliphatic heterocycles. The normalized spacial score (nSPS) is 17.6. The van der Waals surface area contributed by atoms with Gasteiger partial charge in [-0.25, -0.2) is 15.0 Å². The lowest BCUT2D eigenvalue weighted by atomic mass is 10.1. The number of hydrogen-bond acceptors (Lipinski definition) is 9. The van der Waals surface area contributed by atoms with Crippen molar-refractivity contribution >= 4 is 34.1 Å². The molecule has 5 aromatic heterocycles. The predicted octanol–water partition coefficient (Wildman–Crippen LogP) is 3.61. The van der Waals surface area contributed by atoms with Crippen LogP contribution >= 0.6 is 0 Å². The third-order valence-electron chi connectivity index (χ3n) is 6.34. The molecule has 1 saturated heterocycles. The molecule has 2 N–H and O–H groups in total. The van der Waals surface area contributed by atoms with Gasteiger partial charge in [0.25, 0.3) is 5.91 Å². The number of pyridine rings is 3. The van der Waals surface area contributed by atoms with E-state index in [-0.39, 0.29) is 5.91 Å². The van der Waals surface area contributed by atoms with Gasteiger partial charge in [-0.3, -0.25) is 14.8 Å². The highest BCUT2D eigenvalue weighted by molar-refractivity contribution is 6.12. The smallest absolute Gasteiger partial charge is 0.259 e. The third kappa shape index (κ3) is 4.59. The fourth-order valence-electron chi connectivity index (χ4n) is 4.91. The highest BCUT2D eigenvalue weighted by Gasteiger charge is 2.26. The first kappa shape index (κ1) is 23.7. The fraction of sp³-hybridized carbons (Fsp3) is 0.259. The zero-order chi connectivity index (χ0) is 26.2. The predicted molar refractivity (Wildman–Crippen MR) is 144 cm³/mol.